The number of primary amides is 1. The number of hydrogen-bond acceptors (Lipinski definition) is 4. The third-order valence-electron chi connectivity index (χ3n) is 5.05. The van der Waals surface area contributed by atoms with E-state index in [2.05, 4.69) is 20.6 Å². The number of nitrogens with zero attached hydrogens (tertiary/aromatic N) is 1. The average Bonchev–Trinajstić information content (AvgIpc) is 3.35. The van der Waals surface area contributed by atoms with Crippen LogP contribution in [0.3, 0.4) is 0 Å². The maximum atomic E-state index is 12.8. The maximum absolute atomic E-state index is 12.8. The number of carbonyl (C=O) groups excluding carboxylic acids is 2. The van der Waals surface area contributed by atoms with Crippen molar-refractivity contribution >= 4 is 44.4 Å². The van der Waals surface area contributed by atoms with Crippen LogP contribution in [0.25, 0.3) is 21.1 Å². The summed E-state index contributed by atoms with van der Waals surface area (Å²) < 4.78 is 1.12. The van der Waals surface area contributed by atoms with Crippen LogP contribution in [0.4, 0.5) is 4.79 Å². The van der Waals surface area contributed by atoms with E-state index in [4.69, 9.17) is 5.73 Å². The molecule has 0 aliphatic carbocycles. The number of nitrogens with one attached hydrogen (secondary N) is 3. The Kier molecular flexibility index (Phi) is 5.67. The highest BCUT2D eigenvalue weighted by Gasteiger charge is 2.23. The van der Waals surface area contributed by atoms with Gasteiger partial charge in [0.1, 0.15) is 6.04 Å². The first-order valence-corrected chi connectivity index (χ1v) is 10.6. The molecule has 0 spiro atoms. The number of fused-ring (bicyclic) bond motifs is 2. The molecule has 0 bridgehead atoms. The van der Waals surface area contributed by atoms with Crippen molar-refractivity contribution in [2.24, 2.45) is 5.73 Å². The Hall–Kier alpha value is -3.39. The molecule has 2 atom stereocenters. The molecule has 2 aromatic carbocycles. The van der Waals surface area contributed by atoms with Gasteiger partial charge >= 0.3 is 6.03 Å². The van der Waals surface area contributed by atoms with E-state index in [9.17, 15) is 9.59 Å². The van der Waals surface area contributed by atoms with Crippen molar-refractivity contribution < 1.29 is 9.59 Å². The summed E-state index contributed by atoms with van der Waals surface area (Å²) in [7, 11) is 0. The van der Waals surface area contributed by atoms with Gasteiger partial charge < -0.3 is 21.4 Å². The number of thiazole rings is 1. The van der Waals surface area contributed by atoms with Crippen molar-refractivity contribution in [1.29, 1.82) is 0 Å². The minimum atomic E-state index is -0.760. The summed E-state index contributed by atoms with van der Waals surface area (Å²) in [5.41, 5.74) is 8.20. The molecule has 7 nitrogen and oxygen atoms in total. The molecule has 4 rings (SSSR count). The minimum absolute atomic E-state index is 0.0497. The molecular formula is C22H23N5O2S. The lowest BCUT2D eigenvalue weighted by molar-refractivity contribution is -0.122. The molecule has 0 radical (unpaired) electrons. The molecule has 4 aromatic rings. The van der Waals surface area contributed by atoms with Crippen molar-refractivity contribution in [3.8, 4) is 0 Å². The van der Waals surface area contributed by atoms with E-state index < -0.39 is 12.1 Å². The summed E-state index contributed by atoms with van der Waals surface area (Å²) >= 11 is 1.62. The van der Waals surface area contributed by atoms with Crippen LogP contribution in [0, 0.1) is 0 Å². The second kappa shape index (κ2) is 8.54. The predicted octanol–water partition coefficient (Wildman–Crippen LogP) is 3.28. The molecule has 2 unspecified atom stereocenters. The van der Waals surface area contributed by atoms with Gasteiger partial charge in [0.15, 0.2) is 0 Å². The number of H-pyrrole nitrogens is 1. The van der Waals surface area contributed by atoms with Gasteiger partial charge in [0.25, 0.3) is 0 Å². The predicted molar refractivity (Wildman–Crippen MR) is 120 cm³/mol. The fourth-order valence-corrected chi connectivity index (χ4v) is 4.49. The van der Waals surface area contributed by atoms with Crippen molar-refractivity contribution in [2.45, 2.75) is 25.3 Å². The van der Waals surface area contributed by atoms with Crippen LogP contribution in [-0.4, -0.2) is 34.5 Å². The van der Waals surface area contributed by atoms with E-state index in [1.54, 1.807) is 11.3 Å². The largest absolute Gasteiger partial charge is 0.361 e. The number of para-hydroxylation sites is 2. The van der Waals surface area contributed by atoms with Gasteiger partial charge in [0.2, 0.25) is 5.91 Å². The number of benzene rings is 2. The van der Waals surface area contributed by atoms with Crippen molar-refractivity contribution in [1.82, 2.24) is 20.6 Å². The third-order valence-corrected chi connectivity index (χ3v) is 6.31. The number of carbonyl (C=O) groups is 2. The van der Waals surface area contributed by atoms with Crippen LogP contribution >= 0.6 is 11.3 Å². The molecule has 8 heteroatoms. The molecule has 0 fully saturated rings. The van der Waals surface area contributed by atoms with Gasteiger partial charge in [0, 0.05) is 36.0 Å². The second-order valence-corrected chi connectivity index (χ2v) is 8.35. The van der Waals surface area contributed by atoms with Crippen molar-refractivity contribution in [3.05, 3.63) is 65.3 Å². The fourth-order valence-electron chi connectivity index (χ4n) is 3.47. The molecule has 5 N–H and O–H groups in total. The smallest absolute Gasteiger partial charge is 0.312 e. The van der Waals surface area contributed by atoms with Crippen LogP contribution in [0.1, 0.15) is 23.4 Å². The zero-order valence-corrected chi connectivity index (χ0v) is 17.3. The monoisotopic (exact) mass is 421 g/mol. The molecular weight excluding hydrogens is 398 g/mol. The van der Waals surface area contributed by atoms with Gasteiger partial charge in [-0.1, -0.05) is 37.3 Å². The first kappa shape index (κ1) is 19.9. The molecule has 0 aliphatic rings. The number of urea groups is 1. The van der Waals surface area contributed by atoms with Crippen molar-refractivity contribution in [2.75, 3.05) is 6.54 Å². The number of aromatic amines is 1. The van der Waals surface area contributed by atoms with E-state index in [1.165, 1.54) is 0 Å². The van der Waals surface area contributed by atoms with E-state index in [-0.39, 0.29) is 11.8 Å². The molecule has 154 valence electrons. The highest BCUT2D eigenvalue weighted by atomic mass is 32.1. The van der Waals surface area contributed by atoms with Crippen LogP contribution in [0.2, 0.25) is 0 Å². The van der Waals surface area contributed by atoms with Gasteiger partial charge in [-0.05, 0) is 23.8 Å². The second-order valence-electron chi connectivity index (χ2n) is 7.29. The van der Waals surface area contributed by atoms with Crippen LogP contribution < -0.4 is 16.4 Å². The van der Waals surface area contributed by atoms with Crippen LogP contribution in [0.15, 0.2) is 54.7 Å². The minimum Gasteiger partial charge on any atom is -0.361 e. The lowest BCUT2D eigenvalue weighted by atomic mass is 10.0. The molecule has 3 amide bonds. The lowest BCUT2D eigenvalue weighted by Crippen LogP contribution is -2.50. The summed E-state index contributed by atoms with van der Waals surface area (Å²) in [5.74, 6) is -0.222. The summed E-state index contributed by atoms with van der Waals surface area (Å²) in [4.78, 5) is 32.2. The zero-order chi connectivity index (χ0) is 21.1. The standard InChI is InChI=1S/C22H23N5O2S/c1-13(21-26-17-8-4-5-9-19(17)30-21)11-25-20(28)18(27-22(23)29)10-14-12-24-16-7-3-2-6-15(14)16/h2-9,12-13,18,24H,10-11H2,1H3,(H,25,28)(H3,23,27,29). The highest BCUT2D eigenvalue weighted by Crippen LogP contribution is 2.27. The third kappa shape index (κ3) is 4.28. The van der Waals surface area contributed by atoms with Gasteiger partial charge in [-0.15, -0.1) is 11.3 Å². The maximum Gasteiger partial charge on any atom is 0.312 e. The van der Waals surface area contributed by atoms with Gasteiger partial charge in [0.05, 0.1) is 15.2 Å². The number of nitrogens with two attached hydrogens (primary N) is 1. The molecule has 0 saturated carbocycles. The lowest BCUT2D eigenvalue weighted by Gasteiger charge is -2.18. The van der Waals surface area contributed by atoms with E-state index in [0.717, 1.165) is 31.7 Å². The summed E-state index contributed by atoms with van der Waals surface area (Å²) in [5, 5.41) is 7.49. The Labute approximate surface area is 177 Å². The first-order chi connectivity index (χ1) is 14.5. The Morgan fingerprint density at radius 1 is 1.17 bits per heavy atom. The van der Waals surface area contributed by atoms with Crippen LogP contribution in [0.5, 0.6) is 0 Å². The van der Waals surface area contributed by atoms with E-state index in [0.29, 0.717) is 13.0 Å². The Balaban J connectivity index is 1.44. The Bertz CT molecular complexity index is 1170. The highest BCUT2D eigenvalue weighted by molar-refractivity contribution is 7.18. The quantitative estimate of drug-likeness (QED) is 0.367. The topological polar surface area (TPSA) is 113 Å². The molecule has 2 heterocycles. The fraction of sp³-hybridized carbons (Fsp3) is 0.227. The Morgan fingerprint density at radius 3 is 2.73 bits per heavy atom. The molecule has 2 aromatic heterocycles. The molecule has 0 aliphatic heterocycles. The van der Waals surface area contributed by atoms with Gasteiger partial charge in [-0.3, -0.25) is 4.79 Å². The average molecular weight is 422 g/mol. The van der Waals surface area contributed by atoms with E-state index in [1.807, 2.05) is 61.7 Å². The Morgan fingerprint density at radius 2 is 1.93 bits per heavy atom. The van der Waals surface area contributed by atoms with Crippen molar-refractivity contribution in [3.63, 3.8) is 0 Å². The zero-order valence-electron chi connectivity index (χ0n) is 16.5. The van der Waals surface area contributed by atoms with E-state index >= 15 is 0 Å². The SMILES string of the molecule is CC(CNC(=O)C(Cc1c[nH]c2ccccc12)NC(N)=O)c1nc2ccccc2s1. The molecule has 0 saturated heterocycles. The normalized spacial score (nSPS) is 13.2. The number of rotatable bonds is 7. The number of hydrogen-bond donors (Lipinski definition) is 4. The summed E-state index contributed by atoms with van der Waals surface area (Å²) in [6.45, 7) is 2.44. The summed E-state index contributed by atoms with van der Waals surface area (Å²) in [6.07, 6.45) is 2.20. The van der Waals surface area contributed by atoms with Gasteiger partial charge in [-0.2, -0.15) is 0 Å². The summed E-state index contributed by atoms with van der Waals surface area (Å²) in [6, 6.07) is 14.3. The number of aromatic nitrogens is 2. The van der Waals surface area contributed by atoms with Gasteiger partial charge in [-0.25, -0.2) is 9.78 Å². The molecule has 30 heavy (non-hydrogen) atoms. The first-order valence-electron chi connectivity index (χ1n) is 9.75. The number of amides is 3. The van der Waals surface area contributed by atoms with Crippen LogP contribution in [-0.2, 0) is 11.2 Å².